The van der Waals surface area contributed by atoms with E-state index in [0.29, 0.717) is 24.4 Å². The summed E-state index contributed by atoms with van der Waals surface area (Å²) in [7, 11) is 3.83. The van der Waals surface area contributed by atoms with Crippen molar-refractivity contribution in [2.24, 2.45) is 0 Å². The normalized spacial score (nSPS) is 18.0. The summed E-state index contributed by atoms with van der Waals surface area (Å²) < 4.78 is 6.05. The predicted octanol–water partition coefficient (Wildman–Crippen LogP) is 1.86. The van der Waals surface area contributed by atoms with Gasteiger partial charge in [0.1, 0.15) is 6.10 Å². The van der Waals surface area contributed by atoms with Gasteiger partial charge in [0.2, 0.25) is 0 Å². The molecule has 1 fully saturated rings. The van der Waals surface area contributed by atoms with Crippen LogP contribution in [-0.4, -0.2) is 54.2 Å². The smallest absolute Gasteiger partial charge is 0.256 e. The van der Waals surface area contributed by atoms with Crippen LogP contribution >= 0.6 is 0 Å². The highest BCUT2D eigenvalue weighted by Gasteiger charge is 2.32. The van der Waals surface area contributed by atoms with Gasteiger partial charge in [0, 0.05) is 33.3 Å². The van der Waals surface area contributed by atoms with Gasteiger partial charge in [0.15, 0.2) is 17.7 Å². The van der Waals surface area contributed by atoms with E-state index in [9.17, 15) is 9.90 Å². The minimum atomic E-state index is -1.13. The molecule has 2 heterocycles. The lowest BCUT2D eigenvalue weighted by Gasteiger charge is -2.22. The van der Waals surface area contributed by atoms with Gasteiger partial charge in [0.25, 0.3) is 5.91 Å². The van der Waals surface area contributed by atoms with Gasteiger partial charge < -0.3 is 19.6 Å². The summed E-state index contributed by atoms with van der Waals surface area (Å²) in [5.74, 6) is 1.18. The lowest BCUT2D eigenvalue weighted by molar-refractivity contribution is -0.139. The number of nitrogens with zero attached hydrogens (tertiary/aromatic N) is 3. The number of pyridine rings is 1. The summed E-state index contributed by atoms with van der Waals surface area (Å²) in [6.45, 7) is 1.04. The van der Waals surface area contributed by atoms with Gasteiger partial charge in [-0.2, -0.15) is 0 Å². The Morgan fingerprint density at radius 2 is 2.04 bits per heavy atom. The van der Waals surface area contributed by atoms with Gasteiger partial charge in [-0.25, -0.2) is 4.98 Å². The molecule has 2 aromatic rings. The molecule has 0 spiro atoms. The molecule has 1 aliphatic heterocycles. The fourth-order valence-electron chi connectivity index (χ4n) is 2.97. The molecule has 2 atom stereocenters. The molecule has 0 radical (unpaired) electrons. The maximum Gasteiger partial charge on any atom is 0.256 e. The Morgan fingerprint density at radius 1 is 1.28 bits per heavy atom. The van der Waals surface area contributed by atoms with Crippen molar-refractivity contribution in [2.45, 2.75) is 18.6 Å². The minimum absolute atomic E-state index is 0.102. The van der Waals surface area contributed by atoms with Crippen molar-refractivity contribution < 1.29 is 14.6 Å². The van der Waals surface area contributed by atoms with Crippen LogP contribution in [-0.2, 0) is 4.79 Å². The lowest BCUT2D eigenvalue weighted by Crippen LogP contribution is -2.34. The van der Waals surface area contributed by atoms with E-state index >= 15 is 0 Å². The Morgan fingerprint density at radius 3 is 2.76 bits per heavy atom. The van der Waals surface area contributed by atoms with Crippen LogP contribution in [0.5, 0.6) is 5.75 Å². The standard InChI is InChI=1S/C19H23N3O3/c1-21(2)18-16(9-6-11-20-18)25-15-10-12-22(13-15)19(24)17(23)14-7-4-3-5-8-14/h3-9,11,15,17,23H,10,12-13H2,1-2H3/t15?,17-/m1/s1. The monoisotopic (exact) mass is 341 g/mol. The number of ether oxygens (including phenoxy) is 1. The van der Waals surface area contributed by atoms with Crippen molar-refractivity contribution in [1.82, 2.24) is 9.88 Å². The SMILES string of the molecule is CN(C)c1ncccc1OC1CCN(C(=O)[C@H](O)c2ccccc2)C1. The number of amides is 1. The van der Waals surface area contributed by atoms with Crippen LogP contribution in [0.3, 0.4) is 0 Å². The van der Waals surface area contributed by atoms with Gasteiger partial charge in [-0.05, 0) is 17.7 Å². The molecule has 25 heavy (non-hydrogen) atoms. The molecule has 0 aliphatic carbocycles. The number of hydrogen-bond donors (Lipinski definition) is 1. The summed E-state index contributed by atoms with van der Waals surface area (Å²) in [6.07, 6.45) is 1.23. The highest BCUT2D eigenvalue weighted by atomic mass is 16.5. The van der Waals surface area contributed by atoms with E-state index in [0.717, 1.165) is 12.2 Å². The maximum atomic E-state index is 12.5. The number of benzene rings is 1. The average Bonchev–Trinajstić information content (AvgIpc) is 3.10. The second kappa shape index (κ2) is 7.53. The summed E-state index contributed by atoms with van der Waals surface area (Å²) in [5, 5.41) is 10.3. The first-order valence-electron chi connectivity index (χ1n) is 8.37. The number of carbonyl (C=O) groups excluding carboxylic acids is 1. The average molecular weight is 341 g/mol. The van der Waals surface area contributed by atoms with E-state index in [1.807, 2.05) is 49.3 Å². The zero-order valence-electron chi connectivity index (χ0n) is 14.5. The molecule has 1 unspecified atom stereocenters. The number of aliphatic hydroxyl groups is 1. The quantitative estimate of drug-likeness (QED) is 0.899. The number of aliphatic hydroxyl groups excluding tert-OH is 1. The largest absolute Gasteiger partial charge is 0.485 e. The molecular formula is C19H23N3O3. The van der Waals surface area contributed by atoms with Gasteiger partial charge in [-0.3, -0.25) is 4.79 Å². The third-order valence-corrected chi connectivity index (χ3v) is 4.27. The van der Waals surface area contributed by atoms with Gasteiger partial charge in [-0.1, -0.05) is 30.3 Å². The van der Waals surface area contributed by atoms with Crippen LogP contribution in [0.25, 0.3) is 0 Å². The Balaban J connectivity index is 1.63. The fraction of sp³-hybridized carbons (Fsp3) is 0.368. The fourth-order valence-corrected chi connectivity index (χ4v) is 2.97. The van der Waals surface area contributed by atoms with Gasteiger partial charge in [0.05, 0.1) is 6.54 Å². The second-order valence-electron chi connectivity index (χ2n) is 6.35. The number of likely N-dealkylation sites (tertiary alicyclic amines) is 1. The number of hydrogen-bond acceptors (Lipinski definition) is 5. The van der Waals surface area contributed by atoms with Crippen molar-refractivity contribution in [3.8, 4) is 5.75 Å². The highest BCUT2D eigenvalue weighted by Crippen LogP contribution is 2.27. The second-order valence-corrected chi connectivity index (χ2v) is 6.35. The Hall–Kier alpha value is -2.60. The Bertz CT molecular complexity index is 721. The van der Waals surface area contributed by atoms with Crippen molar-refractivity contribution in [2.75, 3.05) is 32.1 Å². The van der Waals surface area contributed by atoms with Crippen LogP contribution in [0.1, 0.15) is 18.1 Å². The number of carbonyl (C=O) groups is 1. The zero-order valence-corrected chi connectivity index (χ0v) is 14.5. The van der Waals surface area contributed by atoms with Crippen LogP contribution in [0.4, 0.5) is 5.82 Å². The molecule has 3 rings (SSSR count). The topological polar surface area (TPSA) is 65.9 Å². The first-order chi connectivity index (χ1) is 12.1. The number of anilines is 1. The molecule has 1 amide bonds. The van der Waals surface area contributed by atoms with E-state index in [4.69, 9.17) is 4.74 Å². The lowest BCUT2D eigenvalue weighted by atomic mass is 10.1. The summed E-state index contributed by atoms with van der Waals surface area (Å²) in [6, 6.07) is 12.7. The summed E-state index contributed by atoms with van der Waals surface area (Å²) in [5.41, 5.74) is 0.610. The van der Waals surface area contributed by atoms with Crippen LogP contribution in [0.15, 0.2) is 48.7 Å². The maximum absolute atomic E-state index is 12.5. The minimum Gasteiger partial charge on any atom is -0.485 e. The molecule has 6 heteroatoms. The van der Waals surface area contributed by atoms with E-state index < -0.39 is 6.10 Å². The van der Waals surface area contributed by atoms with E-state index in [1.165, 1.54) is 0 Å². The van der Waals surface area contributed by atoms with Crippen molar-refractivity contribution in [3.63, 3.8) is 0 Å². The molecule has 1 N–H and O–H groups in total. The zero-order chi connectivity index (χ0) is 17.8. The molecule has 1 saturated heterocycles. The summed E-state index contributed by atoms with van der Waals surface area (Å²) in [4.78, 5) is 20.4. The molecule has 6 nitrogen and oxygen atoms in total. The first kappa shape index (κ1) is 17.2. The third-order valence-electron chi connectivity index (χ3n) is 4.27. The van der Waals surface area contributed by atoms with Crippen LogP contribution in [0.2, 0.25) is 0 Å². The molecule has 132 valence electrons. The first-order valence-corrected chi connectivity index (χ1v) is 8.37. The number of aromatic nitrogens is 1. The van der Waals surface area contributed by atoms with E-state index in [-0.39, 0.29) is 12.0 Å². The van der Waals surface area contributed by atoms with Crippen molar-refractivity contribution >= 4 is 11.7 Å². The Labute approximate surface area is 147 Å². The third kappa shape index (κ3) is 3.91. The molecule has 1 aromatic carbocycles. The van der Waals surface area contributed by atoms with Crippen LogP contribution in [0, 0.1) is 0 Å². The molecule has 1 aromatic heterocycles. The highest BCUT2D eigenvalue weighted by molar-refractivity contribution is 5.82. The van der Waals surface area contributed by atoms with E-state index in [2.05, 4.69) is 4.98 Å². The molecular weight excluding hydrogens is 318 g/mol. The van der Waals surface area contributed by atoms with Crippen molar-refractivity contribution in [3.05, 3.63) is 54.2 Å². The Kier molecular flexibility index (Phi) is 5.19. The predicted molar refractivity (Wildman–Crippen MR) is 95.6 cm³/mol. The molecule has 0 bridgehead atoms. The summed E-state index contributed by atoms with van der Waals surface area (Å²) >= 11 is 0. The molecule has 0 saturated carbocycles. The molecule has 1 aliphatic rings. The van der Waals surface area contributed by atoms with E-state index in [1.54, 1.807) is 23.2 Å². The van der Waals surface area contributed by atoms with Gasteiger partial charge >= 0.3 is 0 Å². The van der Waals surface area contributed by atoms with Crippen LogP contribution < -0.4 is 9.64 Å². The number of rotatable bonds is 5. The van der Waals surface area contributed by atoms with Crippen molar-refractivity contribution in [1.29, 1.82) is 0 Å². The van der Waals surface area contributed by atoms with Gasteiger partial charge in [-0.15, -0.1) is 0 Å².